The number of rotatable bonds is 3. The summed E-state index contributed by atoms with van der Waals surface area (Å²) in [6.07, 6.45) is 5.84. The Morgan fingerprint density at radius 1 is 1.11 bits per heavy atom. The Labute approximate surface area is 109 Å². The molecule has 3 aliphatic rings. The molecule has 4 nitrogen and oxygen atoms in total. The lowest BCUT2D eigenvalue weighted by molar-refractivity contribution is -0.0899. The van der Waals surface area contributed by atoms with E-state index in [1.807, 2.05) is 0 Å². The van der Waals surface area contributed by atoms with E-state index in [4.69, 9.17) is 14.2 Å². The Morgan fingerprint density at radius 3 is 2.89 bits per heavy atom. The summed E-state index contributed by atoms with van der Waals surface area (Å²) in [6.45, 7) is 5.52. The molecule has 3 atom stereocenters. The maximum atomic E-state index is 5.96. The fourth-order valence-electron chi connectivity index (χ4n) is 3.37. The molecule has 4 heteroatoms. The first-order valence-electron chi connectivity index (χ1n) is 7.39. The van der Waals surface area contributed by atoms with Gasteiger partial charge in [0.15, 0.2) is 0 Å². The second kappa shape index (κ2) is 5.87. The van der Waals surface area contributed by atoms with Crippen molar-refractivity contribution in [2.24, 2.45) is 5.92 Å². The lowest BCUT2D eigenvalue weighted by Gasteiger charge is -2.38. The van der Waals surface area contributed by atoms with Crippen molar-refractivity contribution < 1.29 is 14.2 Å². The van der Waals surface area contributed by atoms with Gasteiger partial charge in [0.25, 0.3) is 0 Å². The summed E-state index contributed by atoms with van der Waals surface area (Å²) >= 11 is 0. The van der Waals surface area contributed by atoms with Crippen LogP contribution in [0.1, 0.15) is 32.1 Å². The molecule has 3 saturated heterocycles. The van der Waals surface area contributed by atoms with Gasteiger partial charge in [-0.2, -0.15) is 0 Å². The lowest BCUT2D eigenvalue weighted by atomic mass is 9.89. The van der Waals surface area contributed by atoms with Crippen molar-refractivity contribution in [3.8, 4) is 0 Å². The van der Waals surface area contributed by atoms with E-state index in [1.165, 1.54) is 12.8 Å². The Morgan fingerprint density at radius 2 is 2.11 bits per heavy atom. The molecule has 3 heterocycles. The standard InChI is InChI=1S/C14H25NO3/c1-2-12(10-16-5-1)9-15-13-3-6-18-14(8-13)4-7-17-11-14/h12-13,15H,1-11H2. The van der Waals surface area contributed by atoms with E-state index < -0.39 is 0 Å². The summed E-state index contributed by atoms with van der Waals surface area (Å²) in [6, 6.07) is 0.599. The van der Waals surface area contributed by atoms with Crippen LogP contribution in [0.4, 0.5) is 0 Å². The molecule has 3 aliphatic heterocycles. The normalized spacial score (nSPS) is 41.3. The van der Waals surface area contributed by atoms with Crippen LogP contribution < -0.4 is 5.32 Å². The maximum absolute atomic E-state index is 5.96. The van der Waals surface area contributed by atoms with Gasteiger partial charge in [0.1, 0.15) is 0 Å². The molecule has 0 radical (unpaired) electrons. The summed E-state index contributed by atoms with van der Waals surface area (Å²) < 4.78 is 17.0. The SMILES string of the molecule is C1COCC(CNC2CCOC3(CCOC3)C2)C1. The molecule has 0 aliphatic carbocycles. The number of hydrogen-bond donors (Lipinski definition) is 1. The van der Waals surface area contributed by atoms with Gasteiger partial charge in [0.2, 0.25) is 0 Å². The molecule has 1 spiro atoms. The zero-order valence-electron chi connectivity index (χ0n) is 11.2. The van der Waals surface area contributed by atoms with E-state index in [1.54, 1.807) is 0 Å². The molecule has 1 N–H and O–H groups in total. The van der Waals surface area contributed by atoms with E-state index in [0.717, 1.165) is 58.8 Å². The van der Waals surface area contributed by atoms with Crippen molar-refractivity contribution >= 4 is 0 Å². The molecule has 3 fully saturated rings. The molecular formula is C14H25NO3. The summed E-state index contributed by atoms with van der Waals surface area (Å²) in [4.78, 5) is 0. The van der Waals surface area contributed by atoms with Crippen LogP contribution in [0.2, 0.25) is 0 Å². The maximum Gasteiger partial charge on any atom is 0.0951 e. The van der Waals surface area contributed by atoms with Crippen LogP contribution in [-0.2, 0) is 14.2 Å². The molecule has 3 unspecified atom stereocenters. The molecule has 3 rings (SSSR count). The van der Waals surface area contributed by atoms with Crippen LogP contribution in [0, 0.1) is 5.92 Å². The third-order valence-corrected chi connectivity index (χ3v) is 4.51. The summed E-state index contributed by atoms with van der Waals surface area (Å²) in [7, 11) is 0. The van der Waals surface area contributed by atoms with Crippen molar-refractivity contribution in [2.45, 2.75) is 43.7 Å². The highest BCUT2D eigenvalue weighted by Gasteiger charge is 2.40. The first kappa shape index (κ1) is 12.9. The monoisotopic (exact) mass is 255 g/mol. The fourth-order valence-corrected chi connectivity index (χ4v) is 3.37. The van der Waals surface area contributed by atoms with Gasteiger partial charge >= 0.3 is 0 Å². The van der Waals surface area contributed by atoms with E-state index >= 15 is 0 Å². The Bertz CT molecular complexity index is 260. The molecule has 0 aromatic heterocycles. The summed E-state index contributed by atoms with van der Waals surface area (Å²) in [5, 5.41) is 3.73. The van der Waals surface area contributed by atoms with Crippen LogP contribution in [0.5, 0.6) is 0 Å². The van der Waals surface area contributed by atoms with Crippen molar-refractivity contribution in [3.05, 3.63) is 0 Å². The van der Waals surface area contributed by atoms with Crippen molar-refractivity contribution in [3.63, 3.8) is 0 Å². The smallest absolute Gasteiger partial charge is 0.0951 e. The average molecular weight is 255 g/mol. The minimum Gasteiger partial charge on any atom is -0.381 e. The second-order valence-electron chi connectivity index (χ2n) is 6.02. The topological polar surface area (TPSA) is 39.7 Å². The van der Waals surface area contributed by atoms with Crippen LogP contribution in [0.25, 0.3) is 0 Å². The molecule has 0 amide bonds. The Hall–Kier alpha value is -0.160. The molecule has 0 aromatic rings. The average Bonchev–Trinajstić information content (AvgIpc) is 2.86. The largest absolute Gasteiger partial charge is 0.381 e. The van der Waals surface area contributed by atoms with Gasteiger partial charge in [-0.1, -0.05) is 0 Å². The minimum atomic E-state index is 0.0268. The van der Waals surface area contributed by atoms with Gasteiger partial charge in [0, 0.05) is 38.8 Å². The van der Waals surface area contributed by atoms with E-state index in [2.05, 4.69) is 5.32 Å². The van der Waals surface area contributed by atoms with Gasteiger partial charge in [-0.25, -0.2) is 0 Å². The minimum absolute atomic E-state index is 0.0268. The van der Waals surface area contributed by atoms with Crippen LogP contribution >= 0.6 is 0 Å². The number of nitrogens with one attached hydrogen (secondary N) is 1. The molecule has 0 aromatic carbocycles. The first-order chi connectivity index (χ1) is 8.86. The van der Waals surface area contributed by atoms with Crippen LogP contribution in [0.3, 0.4) is 0 Å². The van der Waals surface area contributed by atoms with Crippen molar-refractivity contribution in [1.29, 1.82) is 0 Å². The van der Waals surface area contributed by atoms with E-state index in [0.29, 0.717) is 12.0 Å². The summed E-state index contributed by atoms with van der Waals surface area (Å²) in [5.41, 5.74) is 0.0268. The molecular weight excluding hydrogens is 230 g/mol. The molecule has 104 valence electrons. The Kier molecular flexibility index (Phi) is 4.19. The zero-order valence-corrected chi connectivity index (χ0v) is 11.2. The van der Waals surface area contributed by atoms with Crippen LogP contribution in [0.15, 0.2) is 0 Å². The first-order valence-corrected chi connectivity index (χ1v) is 7.39. The lowest BCUT2D eigenvalue weighted by Crippen LogP contribution is -2.48. The van der Waals surface area contributed by atoms with Gasteiger partial charge in [-0.15, -0.1) is 0 Å². The second-order valence-corrected chi connectivity index (χ2v) is 6.02. The molecule has 0 saturated carbocycles. The number of ether oxygens (including phenoxy) is 3. The van der Waals surface area contributed by atoms with Gasteiger partial charge in [-0.05, 0) is 31.6 Å². The summed E-state index contributed by atoms with van der Waals surface area (Å²) in [5.74, 6) is 0.706. The van der Waals surface area contributed by atoms with Crippen molar-refractivity contribution in [1.82, 2.24) is 5.32 Å². The highest BCUT2D eigenvalue weighted by Crippen LogP contribution is 2.32. The number of hydrogen-bond acceptors (Lipinski definition) is 4. The van der Waals surface area contributed by atoms with E-state index in [-0.39, 0.29) is 5.60 Å². The molecule has 18 heavy (non-hydrogen) atoms. The van der Waals surface area contributed by atoms with Crippen molar-refractivity contribution in [2.75, 3.05) is 39.6 Å². The molecule has 0 bridgehead atoms. The third-order valence-electron chi connectivity index (χ3n) is 4.51. The van der Waals surface area contributed by atoms with Gasteiger partial charge < -0.3 is 19.5 Å². The van der Waals surface area contributed by atoms with Gasteiger partial charge in [0.05, 0.1) is 18.8 Å². The quantitative estimate of drug-likeness (QED) is 0.826. The predicted molar refractivity (Wildman–Crippen MR) is 68.7 cm³/mol. The van der Waals surface area contributed by atoms with Crippen LogP contribution in [-0.4, -0.2) is 51.2 Å². The highest BCUT2D eigenvalue weighted by atomic mass is 16.6. The highest BCUT2D eigenvalue weighted by molar-refractivity contribution is 4.92. The zero-order chi connectivity index (χ0) is 12.3. The predicted octanol–water partition coefficient (Wildman–Crippen LogP) is 1.34. The van der Waals surface area contributed by atoms with Gasteiger partial charge in [-0.3, -0.25) is 0 Å². The fraction of sp³-hybridized carbons (Fsp3) is 1.00. The Balaban J connectivity index is 1.44. The van der Waals surface area contributed by atoms with E-state index in [9.17, 15) is 0 Å². The third kappa shape index (κ3) is 3.05.